The number of nitrogens with one attached hydrogen (secondary N) is 1. The summed E-state index contributed by atoms with van der Waals surface area (Å²) in [6, 6.07) is 16.1. The lowest BCUT2D eigenvalue weighted by Crippen LogP contribution is -2.53. The predicted octanol–water partition coefficient (Wildman–Crippen LogP) is 3.69. The second-order valence-corrected chi connectivity index (χ2v) is 12.0. The highest BCUT2D eigenvalue weighted by atomic mass is 35.5. The van der Waals surface area contributed by atoms with E-state index in [0.29, 0.717) is 10.6 Å². The Kier molecular flexibility index (Phi) is 7.22. The number of rotatable bonds is 5. The smallest absolute Gasteiger partial charge is 0.253 e. The van der Waals surface area contributed by atoms with Crippen LogP contribution in [-0.4, -0.2) is 87.7 Å². The Morgan fingerprint density at radius 3 is 2.24 bits per heavy atom. The predicted molar refractivity (Wildman–Crippen MR) is 152 cm³/mol. The number of likely N-dealkylation sites (tertiary alicyclic amines) is 1. The Morgan fingerprint density at radius 2 is 1.61 bits per heavy atom. The lowest BCUT2D eigenvalue weighted by molar-refractivity contribution is 0.0610. The van der Waals surface area contributed by atoms with E-state index in [2.05, 4.69) is 38.2 Å². The lowest BCUT2D eigenvalue weighted by atomic mass is 9.77. The SMILES string of the molecule is N#Cc1ccc(N2CCC3(CCN(C(=O)c4ccc(N5CCN(CC6CNC6)CC5)cc4)CC3)C2)cc1Cl. The zero-order valence-corrected chi connectivity index (χ0v) is 22.8. The van der Waals surface area contributed by atoms with Crippen molar-refractivity contribution >= 4 is 28.9 Å². The fraction of sp³-hybridized carbons (Fsp3) is 0.533. The molecule has 200 valence electrons. The average molecular weight is 533 g/mol. The van der Waals surface area contributed by atoms with Crippen molar-refractivity contribution in [1.29, 1.82) is 5.26 Å². The van der Waals surface area contributed by atoms with Crippen LogP contribution in [0.1, 0.15) is 35.2 Å². The number of nitriles is 1. The number of amides is 1. The van der Waals surface area contributed by atoms with E-state index in [-0.39, 0.29) is 11.3 Å². The zero-order chi connectivity index (χ0) is 26.1. The summed E-state index contributed by atoms with van der Waals surface area (Å²) in [7, 11) is 0. The summed E-state index contributed by atoms with van der Waals surface area (Å²) in [5, 5.41) is 13.0. The van der Waals surface area contributed by atoms with E-state index in [9.17, 15) is 4.79 Å². The first-order chi connectivity index (χ1) is 18.5. The number of anilines is 2. The summed E-state index contributed by atoms with van der Waals surface area (Å²) in [5.41, 5.74) is 3.86. The molecule has 0 aromatic heterocycles. The Bertz CT molecular complexity index is 1190. The number of halogens is 1. The lowest BCUT2D eigenvalue weighted by Gasteiger charge is -2.40. The average Bonchev–Trinajstić information content (AvgIpc) is 3.34. The number of hydrogen-bond donors (Lipinski definition) is 1. The molecule has 6 rings (SSSR count). The summed E-state index contributed by atoms with van der Waals surface area (Å²) in [5.74, 6) is 0.977. The van der Waals surface area contributed by atoms with Gasteiger partial charge >= 0.3 is 0 Å². The minimum atomic E-state index is 0.152. The van der Waals surface area contributed by atoms with Crippen LogP contribution in [0.4, 0.5) is 11.4 Å². The Labute approximate surface area is 230 Å². The molecule has 1 amide bonds. The molecule has 0 saturated carbocycles. The molecule has 0 bridgehead atoms. The van der Waals surface area contributed by atoms with Gasteiger partial charge in [0.05, 0.1) is 10.6 Å². The highest BCUT2D eigenvalue weighted by molar-refractivity contribution is 6.32. The van der Waals surface area contributed by atoms with Crippen LogP contribution in [0, 0.1) is 22.7 Å². The fourth-order valence-electron chi connectivity index (χ4n) is 6.57. The summed E-state index contributed by atoms with van der Waals surface area (Å²) >= 11 is 6.28. The fourth-order valence-corrected chi connectivity index (χ4v) is 6.78. The summed E-state index contributed by atoms with van der Waals surface area (Å²) in [6.45, 7) is 11.5. The summed E-state index contributed by atoms with van der Waals surface area (Å²) in [4.78, 5) is 22.8. The molecule has 8 heteroatoms. The molecule has 4 heterocycles. The molecule has 0 unspecified atom stereocenters. The number of benzene rings is 2. The Morgan fingerprint density at radius 1 is 0.921 bits per heavy atom. The number of carbonyl (C=O) groups is 1. The van der Waals surface area contributed by atoms with Crippen LogP contribution in [-0.2, 0) is 0 Å². The molecular weight excluding hydrogens is 496 g/mol. The molecule has 38 heavy (non-hydrogen) atoms. The van der Waals surface area contributed by atoms with Gasteiger partial charge in [-0.15, -0.1) is 0 Å². The number of carbonyl (C=O) groups excluding carboxylic acids is 1. The molecular formula is C30H37ClN6O. The quantitative estimate of drug-likeness (QED) is 0.633. The third-order valence-electron chi connectivity index (χ3n) is 9.22. The van der Waals surface area contributed by atoms with Crippen molar-refractivity contribution in [3.05, 3.63) is 58.6 Å². The first kappa shape index (κ1) is 25.5. The van der Waals surface area contributed by atoms with Gasteiger partial charge in [0.25, 0.3) is 5.91 Å². The summed E-state index contributed by atoms with van der Waals surface area (Å²) < 4.78 is 0. The highest BCUT2D eigenvalue weighted by Gasteiger charge is 2.41. The van der Waals surface area contributed by atoms with E-state index < -0.39 is 0 Å². The molecule has 1 spiro atoms. The molecule has 4 fully saturated rings. The Hall–Kier alpha value is -2.79. The van der Waals surface area contributed by atoms with Crippen LogP contribution in [0.25, 0.3) is 0 Å². The molecule has 4 aliphatic rings. The van der Waals surface area contributed by atoms with Gasteiger partial charge in [0.1, 0.15) is 6.07 Å². The minimum Gasteiger partial charge on any atom is -0.371 e. The van der Waals surface area contributed by atoms with Crippen LogP contribution in [0.5, 0.6) is 0 Å². The van der Waals surface area contributed by atoms with Gasteiger partial charge in [0.15, 0.2) is 0 Å². The van der Waals surface area contributed by atoms with E-state index in [4.69, 9.17) is 16.9 Å². The number of piperidine rings is 1. The molecule has 1 N–H and O–H groups in total. The van der Waals surface area contributed by atoms with Crippen molar-refractivity contribution in [3.8, 4) is 6.07 Å². The van der Waals surface area contributed by atoms with E-state index in [1.807, 2.05) is 35.2 Å². The van der Waals surface area contributed by atoms with Crippen LogP contribution in [0.2, 0.25) is 5.02 Å². The van der Waals surface area contributed by atoms with Crippen molar-refractivity contribution in [2.75, 3.05) is 81.8 Å². The van der Waals surface area contributed by atoms with Crippen molar-refractivity contribution in [1.82, 2.24) is 15.1 Å². The molecule has 7 nitrogen and oxygen atoms in total. The van der Waals surface area contributed by atoms with Crippen LogP contribution >= 0.6 is 11.6 Å². The highest BCUT2D eigenvalue weighted by Crippen LogP contribution is 2.42. The van der Waals surface area contributed by atoms with Crippen molar-refractivity contribution in [2.24, 2.45) is 11.3 Å². The van der Waals surface area contributed by atoms with E-state index in [1.165, 1.54) is 25.3 Å². The minimum absolute atomic E-state index is 0.152. The third kappa shape index (κ3) is 5.22. The van der Waals surface area contributed by atoms with Crippen LogP contribution < -0.4 is 15.1 Å². The van der Waals surface area contributed by atoms with Crippen LogP contribution in [0.15, 0.2) is 42.5 Å². The maximum atomic E-state index is 13.3. The molecule has 0 radical (unpaired) electrons. The second-order valence-electron chi connectivity index (χ2n) is 11.6. The van der Waals surface area contributed by atoms with Gasteiger partial charge in [-0.05, 0) is 73.1 Å². The largest absolute Gasteiger partial charge is 0.371 e. The molecule has 2 aromatic carbocycles. The molecule has 4 saturated heterocycles. The van der Waals surface area contributed by atoms with Gasteiger partial charge in [-0.2, -0.15) is 5.26 Å². The van der Waals surface area contributed by atoms with E-state index in [1.54, 1.807) is 0 Å². The number of piperazine rings is 1. The zero-order valence-electron chi connectivity index (χ0n) is 22.0. The Balaban J connectivity index is 0.999. The van der Waals surface area contributed by atoms with E-state index >= 15 is 0 Å². The van der Waals surface area contributed by atoms with Gasteiger partial charge in [-0.3, -0.25) is 9.69 Å². The van der Waals surface area contributed by atoms with Gasteiger partial charge in [-0.1, -0.05) is 11.6 Å². The van der Waals surface area contributed by atoms with Gasteiger partial charge in [0.2, 0.25) is 0 Å². The second kappa shape index (κ2) is 10.8. The topological polar surface area (TPSA) is 65.9 Å². The molecule has 0 aliphatic carbocycles. The van der Waals surface area contributed by atoms with E-state index in [0.717, 1.165) is 88.8 Å². The molecule has 4 aliphatic heterocycles. The standard InChI is InChI=1S/C30H37ClN6O/c31-28-17-27(6-3-25(28)18-32)37-12-9-30(22-37)7-10-36(11-8-30)29(38)24-1-4-26(5-2-24)35-15-13-34(14-16-35)21-23-19-33-20-23/h1-6,17,23,33H,7-16,19-22H2. The molecule has 2 aromatic rings. The first-order valence-electron chi connectivity index (χ1n) is 14.0. The molecule has 0 atom stereocenters. The third-order valence-corrected chi connectivity index (χ3v) is 9.53. The van der Waals surface area contributed by atoms with Gasteiger partial charge < -0.3 is 20.0 Å². The normalized spacial score (nSPS) is 21.9. The van der Waals surface area contributed by atoms with Crippen molar-refractivity contribution < 1.29 is 4.79 Å². The van der Waals surface area contributed by atoms with Gasteiger partial charge in [0, 0.05) is 88.9 Å². The van der Waals surface area contributed by atoms with Crippen LogP contribution in [0.3, 0.4) is 0 Å². The first-order valence-corrected chi connectivity index (χ1v) is 14.4. The number of nitrogens with zero attached hydrogens (tertiary/aromatic N) is 5. The van der Waals surface area contributed by atoms with Crippen molar-refractivity contribution in [3.63, 3.8) is 0 Å². The van der Waals surface area contributed by atoms with Crippen molar-refractivity contribution in [2.45, 2.75) is 19.3 Å². The maximum absolute atomic E-state index is 13.3. The number of hydrogen-bond acceptors (Lipinski definition) is 6. The van der Waals surface area contributed by atoms with Gasteiger partial charge in [-0.25, -0.2) is 0 Å². The maximum Gasteiger partial charge on any atom is 0.253 e. The summed E-state index contributed by atoms with van der Waals surface area (Å²) in [6.07, 6.45) is 3.18. The monoisotopic (exact) mass is 532 g/mol.